The van der Waals surface area contributed by atoms with E-state index in [9.17, 15) is 19.8 Å². The van der Waals surface area contributed by atoms with Gasteiger partial charge in [-0.25, -0.2) is 0 Å². The van der Waals surface area contributed by atoms with Gasteiger partial charge >= 0.3 is 5.97 Å². The van der Waals surface area contributed by atoms with Gasteiger partial charge in [0.05, 0.1) is 25.2 Å². The van der Waals surface area contributed by atoms with Crippen molar-refractivity contribution in [2.45, 2.75) is 244 Å². The first-order valence-electron chi connectivity index (χ1n) is 26.0. The summed E-state index contributed by atoms with van der Waals surface area (Å²) >= 11 is 0. The van der Waals surface area contributed by atoms with Crippen LogP contribution in [0.2, 0.25) is 0 Å². The normalized spacial score (nSPS) is 14.0. The number of carbonyl (C=O) groups is 2. The third-order valence-electron chi connectivity index (χ3n) is 11.2. The second-order valence-electron chi connectivity index (χ2n) is 17.3. The molecule has 0 heterocycles. The van der Waals surface area contributed by atoms with Crippen molar-refractivity contribution >= 4 is 11.9 Å². The largest absolute Gasteiger partial charge is 0.462 e. The molecule has 63 heavy (non-hydrogen) atoms. The first kappa shape index (κ1) is 59.8. The van der Waals surface area contributed by atoms with Crippen molar-refractivity contribution in [2.24, 2.45) is 0 Å². The third kappa shape index (κ3) is 45.2. The Labute approximate surface area is 388 Å². The molecule has 0 aliphatic carbocycles. The zero-order valence-corrected chi connectivity index (χ0v) is 40.9. The Morgan fingerprint density at radius 3 is 1.49 bits per heavy atom. The Morgan fingerprint density at radius 1 is 0.492 bits per heavy atom. The molecule has 0 radical (unpaired) electrons. The molecule has 0 fully saturated rings. The summed E-state index contributed by atoms with van der Waals surface area (Å²) in [5.41, 5.74) is 0. The van der Waals surface area contributed by atoms with Gasteiger partial charge in [0.2, 0.25) is 5.91 Å². The fraction of sp³-hybridized carbons (Fsp3) is 0.684. The molecule has 0 saturated carbocycles. The highest BCUT2D eigenvalue weighted by molar-refractivity contribution is 5.77. The van der Waals surface area contributed by atoms with Crippen LogP contribution >= 0.6 is 0 Å². The number of esters is 1. The maximum Gasteiger partial charge on any atom is 0.306 e. The molecule has 0 rings (SSSR count). The highest BCUT2D eigenvalue weighted by atomic mass is 16.5. The first-order chi connectivity index (χ1) is 31.0. The molecule has 3 unspecified atom stereocenters. The number of carbonyl (C=O) groups excluding carboxylic acids is 2. The average Bonchev–Trinajstić information content (AvgIpc) is 3.28. The molecule has 0 aromatic carbocycles. The smallest absolute Gasteiger partial charge is 0.306 e. The Hall–Kier alpha value is -3.22. The van der Waals surface area contributed by atoms with Crippen molar-refractivity contribution in [2.75, 3.05) is 6.61 Å². The van der Waals surface area contributed by atoms with Crippen molar-refractivity contribution in [3.8, 4) is 0 Å². The van der Waals surface area contributed by atoms with E-state index < -0.39 is 18.2 Å². The van der Waals surface area contributed by atoms with Crippen LogP contribution in [0.4, 0.5) is 0 Å². The second-order valence-corrected chi connectivity index (χ2v) is 17.3. The second kappa shape index (κ2) is 49.8. The number of amides is 1. The fourth-order valence-electron chi connectivity index (χ4n) is 7.31. The molecule has 3 N–H and O–H groups in total. The molecule has 0 aliphatic rings. The van der Waals surface area contributed by atoms with Gasteiger partial charge in [0.15, 0.2) is 0 Å². The zero-order chi connectivity index (χ0) is 45.9. The van der Waals surface area contributed by atoms with Crippen LogP contribution in [0.3, 0.4) is 0 Å². The van der Waals surface area contributed by atoms with Crippen LogP contribution in [0.1, 0.15) is 226 Å². The minimum atomic E-state index is -0.814. The number of aliphatic hydroxyl groups is 2. The van der Waals surface area contributed by atoms with Crippen molar-refractivity contribution in [1.29, 1.82) is 0 Å². The molecule has 360 valence electrons. The molecule has 0 spiro atoms. The van der Waals surface area contributed by atoms with E-state index in [2.05, 4.69) is 92.9 Å². The highest BCUT2D eigenvalue weighted by Crippen LogP contribution is 2.16. The Kier molecular flexibility index (Phi) is 47.2. The molecular formula is C57H97NO5. The third-order valence-corrected chi connectivity index (χ3v) is 11.2. The summed E-state index contributed by atoms with van der Waals surface area (Å²) in [5, 5.41) is 23.8. The monoisotopic (exact) mass is 876 g/mol. The van der Waals surface area contributed by atoms with E-state index in [4.69, 9.17) is 4.74 Å². The summed E-state index contributed by atoms with van der Waals surface area (Å²) < 4.78 is 5.88. The van der Waals surface area contributed by atoms with Crippen molar-refractivity contribution in [3.63, 3.8) is 0 Å². The predicted molar refractivity (Wildman–Crippen MR) is 273 cm³/mol. The van der Waals surface area contributed by atoms with Crippen molar-refractivity contribution in [1.82, 2.24) is 5.32 Å². The zero-order valence-electron chi connectivity index (χ0n) is 40.9. The Balaban J connectivity index is 4.76. The lowest BCUT2D eigenvalue weighted by Gasteiger charge is -2.24. The van der Waals surface area contributed by atoms with Crippen LogP contribution in [0.25, 0.3) is 0 Å². The number of hydrogen-bond acceptors (Lipinski definition) is 5. The van der Waals surface area contributed by atoms with E-state index in [0.717, 1.165) is 83.5 Å². The number of unbranched alkanes of at least 4 members (excludes halogenated alkanes) is 20. The van der Waals surface area contributed by atoms with Gasteiger partial charge in [0.25, 0.3) is 0 Å². The maximum atomic E-state index is 13.2. The van der Waals surface area contributed by atoms with Crippen LogP contribution in [0, 0.1) is 0 Å². The lowest BCUT2D eigenvalue weighted by molar-refractivity contribution is -0.151. The van der Waals surface area contributed by atoms with Crippen molar-refractivity contribution in [3.05, 3.63) is 97.2 Å². The molecule has 1 amide bonds. The molecule has 6 heteroatoms. The van der Waals surface area contributed by atoms with Crippen LogP contribution in [0.5, 0.6) is 0 Å². The highest BCUT2D eigenvalue weighted by Gasteiger charge is 2.24. The summed E-state index contributed by atoms with van der Waals surface area (Å²) in [6.07, 6.45) is 66.1. The van der Waals surface area contributed by atoms with E-state index in [1.54, 1.807) is 0 Å². The lowest BCUT2D eigenvalue weighted by Crippen LogP contribution is -2.46. The molecular weight excluding hydrogens is 779 g/mol. The minimum absolute atomic E-state index is 0.0187. The van der Waals surface area contributed by atoms with E-state index >= 15 is 0 Å². The lowest BCUT2D eigenvalue weighted by atomic mass is 10.0. The van der Waals surface area contributed by atoms with Crippen molar-refractivity contribution < 1.29 is 24.5 Å². The summed E-state index contributed by atoms with van der Waals surface area (Å²) in [6.45, 7) is 6.28. The molecule has 0 saturated heterocycles. The number of nitrogens with one attached hydrogen (secondary N) is 1. The van der Waals surface area contributed by atoms with Crippen LogP contribution in [-0.4, -0.2) is 46.9 Å². The van der Waals surface area contributed by atoms with E-state index in [0.29, 0.717) is 19.3 Å². The van der Waals surface area contributed by atoms with Gasteiger partial charge in [-0.2, -0.15) is 0 Å². The molecule has 0 aromatic heterocycles. The molecule has 0 aromatic rings. The number of hydrogen-bond donors (Lipinski definition) is 3. The van der Waals surface area contributed by atoms with Crippen LogP contribution in [-0.2, 0) is 14.3 Å². The summed E-state index contributed by atoms with van der Waals surface area (Å²) in [4.78, 5) is 26.1. The van der Waals surface area contributed by atoms with Gasteiger partial charge in [0.1, 0.15) is 6.10 Å². The SMILES string of the molecule is CC/C=C/C=C/C=C\C=C/CCCCCC(=O)OC(CCC/C=C\C/C=C\C/C=C\C/C=C\CCCCC)CC(=O)NC(CO)C(O)CCCCCCCCCCCCCCCC. The molecule has 0 aliphatic heterocycles. The fourth-order valence-corrected chi connectivity index (χ4v) is 7.31. The maximum absolute atomic E-state index is 13.2. The van der Waals surface area contributed by atoms with Crippen LogP contribution in [0.15, 0.2) is 97.2 Å². The summed E-state index contributed by atoms with van der Waals surface area (Å²) in [6, 6.07) is -0.733. The first-order valence-corrected chi connectivity index (χ1v) is 26.0. The standard InChI is InChI=1S/C57H97NO5/c1-4-7-10-13-16-19-22-25-27-28-29-31-33-36-39-42-45-48-53(63-57(62)50-47-44-41-38-35-30-24-21-18-15-12-9-6-3)51-56(61)58-54(52-59)55(60)49-46-43-40-37-34-32-26-23-20-17-14-11-8-5-2/h9,12,15-16,18-19,21,24-25,27,29-31,35-36,39,53-55,59-60H,4-8,10-11,13-14,17,20,22-23,26,28,32-34,37-38,40-52H2,1-3H3,(H,58,61)/b12-9+,18-15+,19-16-,24-21-,27-25-,31-29-,35-30-,39-36-. The number of allylic oxidation sites excluding steroid dienone is 16. The molecule has 6 nitrogen and oxygen atoms in total. The summed E-state index contributed by atoms with van der Waals surface area (Å²) in [7, 11) is 0. The minimum Gasteiger partial charge on any atom is -0.462 e. The van der Waals surface area contributed by atoms with Gasteiger partial charge in [-0.1, -0.05) is 227 Å². The topological polar surface area (TPSA) is 95.9 Å². The van der Waals surface area contributed by atoms with Gasteiger partial charge < -0.3 is 20.3 Å². The van der Waals surface area contributed by atoms with E-state index in [1.807, 2.05) is 30.4 Å². The number of ether oxygens (including phenoxy) is 1. The quantitative estimate of drug-likeness (QED) is 0.0245. The van der Waals surface area contributed by atoms with Crippen LogP contribution < -0.4 is 5.32 Å². The average molecular weight is 876 g/mol. The van der Waals surface area contributed by atoms with Gasteiger partial charge in [-0.15, -0.1) is 0 Å². The number of rotatable bonds is 45. The molecule has 0 bridgehead atoms. The molecule has 3 atom stereocenters. The van der Waals surface area contributed by atoms with E-state index in [-0.39, 0.29) is 24.9 Å². The summed E-state index contributed by atoms with van der Waals surface area (Å²) in [5.74, 6) is -0.581. The Morgan fingerprint density at radius 2 is 0.937 bits per heavy atom. The Bertz CT molecular complexity index is 1260. The van der Waals surface area contributed by atoms with Gasteiger partial charge in [-0.05, 0) is 83.5 Å². The van der Waals surface area contributed by atoms with E-state index in [1.165, 1.54) is 96.3 Å². The van der Waals surface area contributed by atoms with Gasteiger partial charge in [-0.3, -0.25) is 9.59 Å². The van der Waals surface area contributed by atoms with Gasteiger partial charge in [0, 0.05) is 6.42 Å². The predicted octanol–water partition coefficient (Wildman–Crippen LogP) is 15.7. The number of aliphatic hydroxyl groups excluding tert-OH is 2.